The quantitative estimate of drug-likeness (QED) is 0.701. The molecule has 1 aromatic carbocycles. The van der Waals surface area contributed by atoms with E-state index in [1.54, 1.807) is 24.3 Å². The van der Waals surface area contributed by atoms with Gasteiger partial charge in [0, 0.05) is 11.9 Å². The van der Waals surface area contributed by atoms with E-state index in [0.29, 0.717) is 11.8 Å². The highest BCUT2D eigenvalue weighted by molar-refractivity contribution is 5.88. The lowest BCUT2D eigenvalue weighted by Gasteiger charge is -2.06. The highest BCUT2D eigenvalue weighted by Crippen LogP contribution is 2.27. The lowest BCUT2D eigenvalue weighted by molar-refractivity contribution is 0.0697. The molecule has 0 amide bonds. The summed E-state index contributed by atoms with van der Waals surface area (Å²) in [5.41, 5.74) is 4.54. The molecule has 3 rings (SSSR count). The van der Waals surface area contributed by atoms with Gasteiger partial charge in [-0.15, -0.1) is 0 Å². The van der Waals surface area contributed by atoms with Gasteiger partial charge in [-0.1, -0.05) is 39.8 Å². The normalized spacial score (nSPS) is 11.4. The van der Waals surface area contributed by atoms with E-state index in [0.717, 1.165) is 22.8 Å². The predicted molar refractivity (Wildman–Crippen MR) is 98.5 cm³/mol. The molecule has 3 aromatic rings. The molecule has 2 heterocycles. The van der Waals surface area contributed by atoms with E-state index < -0.39 is 5.97 Å². The number of carboxylic acids is 1. The standard InChI is InChI=1S/C20H23N3O2/c1-12(2)16-11-23(22-19(16)13(3)4)18-10-9-17(21-18)14-5-7-15(8-6-14)20(24)25/h5-13,21H,1-4H3,(H,24,25). The van der Waals surface area contributed by atoms with Crippen molar-refractivity contribution in [2.45, 2.75) is 39.5 Å². The lowest BCUT2D eigenvalue weighted by Crippen LogP contribution is -1.98. The average molecular weight is 337 g/mol. The van der Waals surface area contributed by atoms with Crippen LogP contribution in [0.5, 0.6) is 0 Å². The summed E-state index contributed by atoms with van der Waals surface area (Å²) in [5, 5.41) is 13.8. The molecule has 0 spiro atoms. The Balaban J connectivity index is 1.93. The molecule has 130 valence electrons. The second-order valence-corrected chi connectivity index (χ2v) is 6.86. The van der Waals surface area contributed by atoms with Crippen LogP contribution in [-0.2, 0) is 0 Å². The third-order valence-corrected chi connectivity index (χ3v) is 4.30. The molecule has 0 aliphatic rings. The number of carboxylic acid groups (broad SMARTS) is 1. The number of aromatic nitrogens is 3. The number of aromatic carboxylic acids is 1. The van der Waals surface area contributed by atoms with Crippen LogP contribution in [0.3, 0.4) is 0 Å². The van der Waals surface area contributed by atoms with Crippen molar-refractivity contribution in [2.75, 3.05) is 0 Å². The molecule has 0 radical (unpaired) electrons. The van der Waals surface area contributed by atoms with Crippen molar-refractivity contribution in [1.82, 2.24) is 14.8 Å². The van der Waals surface area contributed by atoms with Crippen molar-refractivity contribution in [3.8, 4) is 17.1 Å². The zero-order valence-electron chi connectivity index (χ0n) is 14.9. The van der Waals surface area contributed by atoms with Crippen LogP contribution >= 0.6 is 0 Å². The molecule has 0 fully saturated rings. The van der Waals surface area contributed by atoms with Gasteiger partial charge in [0.25, 0.3) is 0 Å². The van der Waals surface area contributed by atoms with Gasteiger partial charge >= 0.3 is 5.97 Å². The second kappa shape index (κ2) is 6.59. The Bertz CT molecular complexity index is 861. The van der Waals surface area contributed by atoms with Crippen molar-refractivity contribution in [2.24, 2.45) is 0 Å². The van der Waals surface area contributed by atoms with Gasteiger partial charge in [0.2, 0.25) is 0 Å². The zero-order chi connectivity index (χ0) is 18.1. The number of hydrogen-bond acceptors (Lipinski definition) is 2. The Hall–Kier alpha value is -2.82. The van der Waals surface area contributed by atoms with Gasteiger partial charge in [-0.05, 0) is 47.2 Å². The number of aromatic amines is 1. The summed E-state index contributed by atoms with van der Waals surface area (Å²) in [6.07, 6.45) is 2.09. The van der Waals surface area contributed by atoms with Crippen LogP contribution in [-0.4, -0.2) is 25.8 Å². The first-order chi connectivity index (χ1) is 11.9. The number of nitrogens with one attached hydrogen (secondary N) is 1. The fourth-order valence-corrected chi connectivity index (χ4v) is 2.90. The van der Waals surface area contributed by atoms with E-state index in [-0.39, 0.29) is 5.56 Å². The fraction of sp³-hybridized carbons (Fsp3) is 0.300. The molecule has 2 aromatic heterocycles. The molecule has 25 heavy (non-hydrogen) atoms. The van der Waals surface area contributed by atoms with Gasteiger partial charge in [0.1, 0.15) is 5.82 Å². The van der Waals surface area contributed by atoms with Gasteiger partial charge in [0.15, 0.2) is 0 Å². The van der Waals surface area contributed by atoms with Crippen LogP contribution in [0.15, 0.2) is 42.6 Å². The molecule has 0 saturated carbocycles. The van der Waals surface area contributed by atoms with Gasteiger partial charge in [-0.3, -0.25) is 0 Å². The number of H-pyrrole nitrogens is 1. The maximum Gasteiger partial charge on any atom is 0.335 e. The van der Waals surface area contributed by atoms with E-state index in [9.17, 15) is 4.79 Å². The van der Waals surface area contributed by atoms with E-state index in [1.807, 2.05) is 16.8 Å². The fourth-order valence-electron chi connectivity index (χ4n) is 2.90. The van der Waals surface area contributed by atoms with E-state index >= 15 is 0 Å². The third-order valence-electron chi connectivity index (χ3n) is 4.30. The van der Waals surface area contributed by atoms with Gasteiger partial charge < -0.3 is 10.1 Å². The van der Waals surface area contributed by atoms with Crippen LogP contribution in [0, 0.1) is 0 Å². The zero-order valence-corrected chi connectivity index (χ0v) is 14.9. The summed E-state index contributed by atoms with van der Waals surface area (Å²) in [4.78, 5) is 14.3. The summed E-state index contributed by atoms with van der Waals surface area (Å²) in [6, 6.07) is 10.8. The molecule has 0 atom stereocenters. The summed E-state index contributed by atoms with van der Waals surface area (Å²) >= 11 is 0. The molecule has 0 unspecified atom stereocenters. The monoisotopic (exact) mass is 337 g/mol. The second-order valence-electron chi connectivity index (χ2n) is 6.86. The summed E-state index contributed by atoms with van der Waals surface area (Å²) < 4.78 is 1.89. The largest absolute Gasteiger partial charge is 0.478 e. The first kappa shape index (κ1) is 17.0. The van der Waals surface area contributed by atoms with Crippen LogP contribution in [0.25, 0.3) is 17.1 Å². The molecule has 0 aliphatic carbocycles. The molecule has 0 saturated heterocycles. The summed E-state index contributed by atoms with van der Waals surface area (Å²) in [5.74, 6) is 0.768. The lowest BCUT2D eigenvalue weighted by atomic mass is 9.98. The van der Waals surface area contributed by atoms with Crippen molar-refractivity contribution < 1.29 is 9.90 Å². The minimum Gasteiger partial charge on any atom is -0.478 e. The minimum absolute atomic E-state index is 0.283. The third kappa shape index (κ3) is 3.36. The Kier molecular flexibility index (Phi) is 4.49. The van der Waals surface area contributed by atoms with Gasteiger partial charge in [-0.2, -0.15) is 5.10 Å². The first-order valence-corrected chi connectivity index (χ1v) is 8.49. The Morgan fingerprint density at radius 1 is 1.04 bits per heavy atom. The van der Waals surface area contributed by atoms with Crippen LogP contribution in [0.4, 0.5) is 0 Å². The first-order valence-electron chi connectivity index (χ1n) is 8.49. The van der Waals surface area contributed by atoms with Crippen molar-refractivity contribution in [1.29, 1.82) is 0 Å². The molecule has 0 aliphatic heterocycles. The van der Waals surface area contributed by atoms with Gasteiger partial charge in [-0.25, -0.2) is 9.48 Å². The molecule has 2 N–H and O–H groups in total. The average Bonchev–Trinajstić information content (AvgIpc) is 3.22. The number of hydrogen-bond donors (Lipinski definition) is 2. The van der Waals surface area contributed by atoms with Crippen molar-refractivity contribution >= 4 is 5.97 Å². The number of nitrogens with zero attached hydrogens (tertiary/aromatic N) is 2. The van der Waals surface area contributed by atoms with Crippen LogP contribution < -0.4 is 0 Å². The Morgan fingerprint density at radius 2 is 1.72 bits per heavy atom. The molecule has 5 nitrogen and oxygen atoms in total. The minimum atomic E-state index is -0.919. The SMILES string of the molecule is CC(C)c1cn(-c2ccc(-c3ccc(C(=O)O)cc3)[nH]2)nc1C(C)C. The maximum atomic E-state index is 11.0. The number of carbonyl (C=O) groups is 1. The molecule has 5 heteroatoms. The maximum absolute atomic E-state index is 11.0. The highest BCUT2D eigenvalue weighted by atomic mass is 16.4. The van der Waals surface area contributed by atoms with Crippen LogP contribution in [0.2, 0.25) is 0 Å². The van der Waals surface area contributed by atoms with Gasteiger partial charge in [0.05, 0.1) is 11.3 Å². The van der Waals surface area contributed by atoms with Crippen LogP contribution in [0.1, 0.15) is 61.1 Å². The number of benzene rings is 1. The van der Waals surface area contributed by atoms with Crippen molar-refractivity contribution in [3.05, 3.63) is 59.4 Å². The summed E-state index contributed by atoms with van der Waals surface area (Å²) in [7, 11) is 0. The molecule has 0 bridgehead atoms. The van der Waals surface area contributed by atoms with Crippen molar-refractivity contribution in [3.63, 3.8) is 0 Å². The predicted octanol–water partition coefficient (Wildman–Crippen LogP) is 4.81. The van der Waals surface area contributed by atoms with E-state index in [1.165, 1.54) is 5.56 Å². The molecular weight excluding hydrogens is 314 g/mol. The Morgan fingerprint density at radius 3 is 2.24 bits per heavy atom. The van der Waals surface area contributed by atoms with E-state index in [2.05, 4.69) is 38.9 Å². The molecular formula is C20H23N3O2. The summed E-state index contributed by atoms with van der Waals surface area (Å²) in [6.45, 7) is 8.67. The number of rotatable bonds is 5. The smallest absolute Gasteiger partial charge is 0.335 e. The highest BCUT2D eigenvalue weighted by Gasteiger charge is 2.16. The Labute approximate surface area is 147 Å². The van der Waals surface area contributed by atoms with E-state index in [4.69, 9.17) is 10.2 Å². The topological polar surface area (TPSA) is 70.9 Å².